The number of allylic oxidation sites excluding steroid dienone is 9. The summed E-state index contributed by atoms with van der Waals surface area (Å²) in [5.74, 6) is -0.958. The van der Waals surface area contributed by atoms with E-state index in [0.717, 1.165) is 52.1 Å². The fraction of sp³-hybridized carbons (Fsp3) is 0.667. The lowest BCUT2D eigenvalue weighted by Crippen LogP contribution is -2.29. The number of phosphoric acid groups is 1. The van der Waals surface area contributed by atoms with E-state index < -0.39 is 32.5 Å². The second-order valence-electron chi connectivity index (χ2n) is 10.9. The Bertz CT molecular complexity index is 922. The summed E-state index contributed by atoms with van der Waals surface area (Å²) in [5, 5.41) is 0. The van der Waals surface area contributed by atoms with E-state index in [4.69, 9.17) is 14.0 Å². The molecule has 45 heavy (non-hydrogen) atoms. The number of esters is 2. The van der Waals surface area contributed by atoms with E-state index >= 15 is 0 Å². The summed E-state index contributed by atoms with van der Waals surface area (Å²) in [6.07, 6.45) is 37.3. The van der Waals surface area contributed by atoms with Crippen LogP contribution in [0.25, 0.3) is 0 Å². The number of rotatable bonds is 30. The molecule has 0 radical (unpaired) electrons. The lowest BCUT2D eigenvalue weighted by molar-refractivity contribution is -0.160. The van der Waals surface area contributed by atoms with Crippen LogP contribution in [0.5, 0.6) is 0 Å². The Hall–Kier alpha value is -2.25. The van der Waals surface area contributed by atoms with Crippen LogP contribution in [0, 0.1) is 0 Å². The summed E-state index contributed by atoms with van der Waals surface area (Å²) < 4.78 is 31.6. The SMILES string of the molecule is CC/C=C\C/C=C\C/C=C\C/C=C\C/C=C\CC(=O)OC(COC(=O)CCCCCCCCCCCCC)COP(=O)(O)OC. The van der Waals surface area contributed by atoms with Gasteiger partial charge >= 0.3 is 19.8 Å². The first-order valence-electron chi connectivity index (χ1n) is 17.0. The van der Waals surface area contributed by atoms with Crippen molar-refractivity contribution in [1.29, 1.82) is 0 Å². The molecule has 258 valence electrons. The Morgan fingerprint density at radius 1 is 0.644 bits per heavy atom. The van der Waals surface area contributed by atoms with Crippen molar-refractivity contribution in [2.75, 3.05) is 20.3 Å². The Morgan fingerprint density at radius 3 is 1.60 bits per heavy atom. The Kier molecular flexibility index (Phi) is 30.1. The van der Waals surface area contributed by atoms with Crippen LogP contribution in [-0.2, 0) is 32.7 Å². The van der Waals surface area contributed by atoms with Crippen LogP contribution in [0.4, 0.5) is 0 Å². The molecular formula is C36H61O8P. The number of hydrogen-bond acceptors (Lipinski definition) is 7. The summed E-state index contributed by atoms with van der Waals surface area (Å²) in [6, 6.07) is 0. The molecule has 0 aromatic carbocycles. The number of phosphoric ester groups is 1. The van der Waals surface area contributed by atoms with E-state index in [9.17, 15) is 19.0 Å². The van der Waals surface area contributed by atoms with Gasteiger partial charge in [0.15, 0.2) is 6.10 Å². The first-order chi connectivity index (χ1) is 21.8. The van der Waals surface area contributed by atoms with Crippen molar-refractivity contribution in [2.45, 2.75) is 136 Å². The molecule has 0 bridgehead atoms. The van der Waals surface area contributed by atoms with E-state index in [1.807, 2.05) is 12.2 Å². The van der Waals surface area contributed by atoms with E-state index in [1.165, 1.54) is 51.4 Å². The third-order valence-corrected chi connectivity index (χ3v) is 7.75. The van der Waals surface area contributed by atoms with Gasteiger partial charge in [0, 0.05) is 13.5 Å². The molecular weight excluding hydrogens is 591 g/mol. The van der Waals surface area contributed by atoms with Crippen molar-refractivity contribution in [2.24, 2.45) is 0 Å². The van der Waals surface area contributed by atoms with E-state index in [2.05, 4.69) is 60.9 Å². The quantitative estimate of drug-likeness (QED) is 0.0353. The smallest absolute Gasteiger partial charge is 0.462 e. The number of unbranched alkanes of at least 4 members (excludes halogenated alkanes) is 10. The van der Waals surface area contributed by atoms with Gasteiger partial charge in [-0.25, -0.2) is 4.57 Å². The Balaban J connectivity index is 4.29. The van der Waals surface area contributed by atoms with Crippen LogP contribution in [0.15, 0.2) is 60.8 Å². The summed E-state index contributed by atoms with van der Waals surface area (Å²) in [6.45, 7) is 3.65. The second-order valence-corrected chi connectivity index (χ2v) is 12.5. The number of carbonyl (C=O) groups is 2. The van der Waals surface area contributed by atoms with Crippen LogP contribution >= 0.6 is 7.82 Å². The van der Waals surface area contributed by atoms with Crippen molar-refractivity contribution >= 4 is 19.8 Å². The van der Waals surface area contributed by atoms with Crippen LogP contribution in [0.3, 0.4) is 0 Å². The predicted molar refractivity (Wildman–Crippen MR) is 184 cm³/mol. The predicted octanol–water partition coefficient (Wildman–Crippen LogP) is 10.0. The molecule has 0 rings (SSSR count). The largest absolute Gasteiger partial charge is 0.472 e. The van der Waals surface area contributed by atoms with E-state index in [0.29, 0.717) is 6.42 Å². The van der Waals surface area contributed by atoms with Gasteiger partial charge < -0.3 is 14.4 Å². The highest BCUT2D eigenvalue weighted by Gasteiger charge is 2.24. The van der Waals surface area contributed by atoms with Crippen LogP contribution in [-0.4, -0.2) is 43.3 Å². The first kappa shape index (κ1) is 42.8. The van der Waals surface area contributed by atoms with Crippen LogP contribution < -0.4 is 0 Å². The Morgan fingerprint density at radius 2 is 1.11 bits per heavy atom. The number of carbonyl (C=O) groups excluding carboxylic acids is 2. The number of ether oxygens (including phenoxy) is 2. The molecule has 2 atom stereocenters. The average molecular weight is 653 g/mol. The van der Waals surface area contributed by atoms with Gasteiger partial charge in [-0.05, 0) is 38.5 Å². The minimum atomic E-state index is -4.28. The normalized spacial score (nSPS) is 14.3. The standard InChI is InChI=1S/C36H61O8P/c1-4-6-8-10-12-14-16-17-18-19-21-23-25-27-29-31-36(38)44-34(33-43-45(39,40)41-3)32-42-35(37)30-28-26-24-22-20-15-13-11-9-7-5-2/h6,8,12,14,17-18,21,23,27,29,34H,4-5,7,9-11,13,15-16,19-20,22,24-26,28,30-33H2,1-3H3,(H,39,40)/b8-6-,14-12-,18-17-,23-21-,29-27-. The maximum atomic E-state index is 12.3. The highest BCUT2D eigenvalue weighted by atomic mass is 31.2. The van der Waals surface area contributed by atoms with Gasteiger partial charge in [-0.2, -0.15) is 0 Å². The second kappa shape index (κ2) is 31.7. The van der Waals surface area contributed by atoms with E-state index in [-0.39, 0.29) is 19.4 Å². The molecule has 8 nitrogen and oxygen atoms in total. The molecule has 0 spiro atoms. The van der Waals surface area contributed by atoms with Crippen LogP contribution in [0.1, 0.15) is 129 Å². The van der Waals surface area contributed by atoms with Crippen molar-refractivity contribution < 1.29 is 37.6 Å². The van der Waals surface area contributed by atoms with Gasteiger partial charge in [0.1, 0.15) is 6.61 Å². The molecule has 0 saturated heterocycles. The zero-order valence-electron chi connectivity index (χ0n) is 28.2. The molecule has 0 amide bonds. The van der Waals surface area contributed by atoms with Crippen molar-refractivity contribution in [3.8, 4) is 0 Å². The molecule has 0 saturated carbocycles. The molecule has 1 N–H and O–H groups in total. The molecule has 2 unspecified atom stereocenters. The summed E-state index contributed by atoms with van der Waals surface area (Å²) >= 11 is 0. The van der Waals surface area contributed by atoms with Gasteiger partial charge in [0.25, 0.3) is 0 Å². The van der Waals surface area contributed by atoms with Gasteiger partial charge in [0.2, 0.25) is 0 Å². The zero-order valence-corrected chi connectivity index (χ0v) is 29.1. The third-order valence-electron chi connectivity index (χ3n) is 6.81. The van der Waals surface area contributed by atoms with Gasteiger partial charge in [-0.1, -0.05) is 139 Å². The lowest BCUT2D eigenvalue weighted by Gasteiger charge is -2.19. The highest BCUT2D eigenvalue weighted by molar-refractivity contribution is 7.47. The molecule has 0 aliphatic heterocycles. The third kappa shape index (κ3) is 31.5. The maximum absolute atomic E-state index is 12.3. The fourth-order valence-corrected chi connectivity index (χ4v) is 4.66. The Labute approximate surface area is 273 Å². The summed E-state index contributed by atoms with van der Waals surface area (Å²) in [5.41, 5.74) is 0. The first-order valence-corrected chi connectivity index (χ1v) is 18.5. The molecule has 0 aromatic rings. The van der Waals surface area contributed by atoms with Crippen molar-refractivity contribution in [1.82, 2.24) is 0 Å². The molecule has 0 fully saturated rings. The minimum Gasteiger partial charge on any atom is -0.462 e. The molecule has 0 aromatic heterocycles. The summed E-state index contributed by atoms with van der Waals surface area (Å²) in [7, 11) is -3.24. The summed E-state index contributed by atoms with van der Waals surface area (Å²) in [4.78, 5) is 34.1. The van der Waals surface area contributed by atoms with Gasteiger partial charge in [-0.3, -0.25) is 18.6 Å². The molecule has 0 aliphatic rings. The zero-order chi connectivity index (χ0) is 33.3. The van der Waals surface area contributed by atoms with Gasteiger partial charge in [-0.15, -0.1) is 0 Å². The average Bonchev–Trinajstić information content (AvgIpc) is 3.03. The topological polar surface area (TPSA) is 108 Å². The van der Waals surface area contributed by atoms with Gasteiger partial charge in [0.05, 0.1) is 13.0 Å². The van der Waals surface area contributed by atoms with E-state index in [1.54, 1.807) is 6.08 Å². The molecule has 9 heteroatoms. The maximum Gasteiger partial charge on any atom is 0.472 e. The van der Waals surface area contributed by atoms with Crippen molar-refractivity contribution in [3.05, 3.63) is 60.8 Å². The monoisotopic (exact) mass is 652 g/mol. The fourth-order valence-electron chi connectivity index (χ4n) is 4.20. The van der Waals surface area contributed by atoms with Crippen LogP contribution in [0.2, 0.25) is 0 Å². The van der Waals surface area contributed by atoms with Crippen molar-refractivity contribution in [3.63, 3.8) is 0 Å². The molecule has 0 aliphatic carbocycles. The molecule has 0 heterocycles. The number of hydrogen-bond donors (Lipinski definition) is 1. The minimum absolute atomic E-state index is 0.0117. The highest BCUT2D eigenvalue weighted by Crippen LogP contribution is 2.42. The lowest BCUT2D eigenvalue weighted by atomic mass is 10.1.